The molecule has 0 spiro atoms. The van der Waals surface area contributed by atoms with E-state index in [2.05, 4.69) is 42.3 Å². The Morgan fingerprint density at radius 2 is 2.35 bits per heavy atom. The maximum Gasteiger partial charge on any atom is 0.175 e. The minimum absolute atomic E-state index is 0.718. The number of nitrogens with zero attached hydrogens (tertiary/aromatic N) is 3. The summed E-state index contributed by atoms with van der Waals surface area (Å²) in [5, 5.41) is 9.28. The molecule has 3 rings (SSSR count). The lowest BCUT2D eigenvalue weighted by Crippen LogP contribution is -2.14. The maximum absolute atomic E-state index is 4.32. The number of thioether (sulfide) groups is 1. The van der Waals surface area contributed by atoms with Crippen molar-refractivity contribution in [2.45, 2.75) is 30.9 Å². The summed E-state index contributed by atoms with van der Waals surface area (Å²) in [5.41, 5.74) is 0.920. The van der Waals surface area contributed by atoms with E-state index in [-0.39, 0.29) is 0 Å². The molecule has 1 unspecified atom stereocenters. The zero-order valence-electron chi connectivity index (χ0n) is 9.47. The number of halogens is 1. The predicted molar refractivity (Wildman–Crippen MR) is 74.5 cm³/mol. The van der Waals surface area contributed by atoms with Crippen molar-refractivity contribution in [2.24, 2.45) is 0 Å². The van der Waals surface area contributed by atoms with Gasteiger partial charge < -0.3 is 0 Å². The Labute approximate surface area is 113 Å². The smallest absolute Gasteiger partial charge is 0.175 e. The molecule has 1 saturated heterocycles. The zero-order chi connectivity index (χ0) is 11.7. The molecule has 5 heteroatoms. The fourth-order valence-corrected chi connectivity index (χ4v) is 3.97. The molecule has 90 valence electrons. The highest BCUT2D eigenvalue weighted by Crippen LogP contribution is 2.28. The number of pyridine rings is 1. The van der Waals surface area contributed by atoms with Crippen LogP contribution in [-0.4, -0.2) is 25.6 Å². The Bertz CT molecular complexity index is 519. The highest BCUT2D eigenvalue weighted by atomic mass is 79.9. The summed E-state index contributed by atoms with van der Waals surface area (Å²) in [6, 6.07) is 4.03. The third kappa shape index (κ3) is 2.36. The topological polar surface area (TPSA) is 30.2 Å². The van der Waals surface area contributed by atoms with E-state index in [9.17, 15) is 0 Å². The fraction of sp³-hybridized carbons (Fsp3) is 0.500. The minimum atomic E-state index is 0.718. The first-order valence-electron chi connectivity index (χ1n) is 5.94. The number of aromatic nitrogens is 3. The van der Waals surface area contributed by atoms with Gasteiger partial charge in [-0.2, -0.15) is 11.8 Å². The molecule has 1 fully saturated rings. The quantitative estimate of drug-likeness (QED) is 0.852. The normalized spacial score (nSPS) is 20.9. The molecule has 2 aromatic heterocycles. The second-order valence-corrected chi connectivity index (χ2v) is 6.62. The third-order valence-electron chi connectivity index (χ3n) is 3.14. The standard InChI is InChI=1S/C12H14BrN3S/c13-10-5-3-6-16-11(14-15-12(10)16)8-9-4-1-2-7-17-9/h3,5-6,9H,1-2,4,7-8H2. The number of rotatable bonds is 2. The zero-order valence-corrected chi connectivity index (χ0v) is 11.9. The second kappa shape index (κ2) is 4.98. The highest BCUT2D eigenvalue weighted by Gasteiger charge is 2.17. The van der Waals surface area contributed by atoms with Gasteiger partial charge in [-0.3, -0.25) is 4.40 Å². The Hall–Kier alpha value is -0.550. The molecule has 0 aliphatic carbocycles. The van der Waals surface area contributed by atoms with E-state index in [0.717, 1.165) is 27.6 Å². The summed E-state index contributed by atoms with van der Waals surface area (Å²) in [5.74, 6) is 2.38. The summed E-state index contributed by atoms with van der Waals surface area (Å²) in [6.45, 7) is 0. The van der Waals surface area contributed by atoms with Crippen molar-refractivity contribution < 1.29 is 0 Å². The van der Waals surface area contributed by atoms with E-state index in [1.165, 1.54) is 25.0 Å². The van der Waals surface area contributed by atoms with Gasteiger partial charge in [0.25, 0.3) is 0 Å². The van der Waals surface area contributed by atoms with Crippen LogP contribution in [-0.2, 0) is 6.42 Å². The molecule has 3 heterocycles. The Kier molecular flexibility index (Phi) is 3.38. The first kappa shape index (κ1) is 11.5. The van der Waals surface area contributed by atoms with Gasteiger partial charge in [0.2, 0.25) is 0 Å². The molecule has 0 bridgehead atoms. The highest BCUT2D eigenvalue weighted by molar-refractivity contribution is 9.10. The van der Waals surface area contributed by atoms with E-state index in [1.54, 1.807) is 0 Å². The lowest BCUT2D eigenvalue weighted by Gasteiger charge is -2.20. The van der Waals surface area contributed by atoms with Crippen molar-refractivity contribution in [3.63, 3.8) is 0 Å². The van der Waals surface area contributed by atoms with Crippen LogP contribution in [0.2, 0.25) is 0 Å². The van der Waals surface area contributed by atoms with Crippen LogP contribution in [0.25, 0.3) is 5.65 Å². The molecular weight excluding hydrogens is 298 g/mol. The molecule has 3 nitrogen and oxygen atoms in total. The van der Waals surface area contributed by atoms with Gasteiger partial charge in [0.05, 0.1) is 4.47 Å². The van der Waals surface area contributed by atoms with Crippen molar-refractivity contribution in [1.29, 1.82) is 0 Å². The van der Waals surface area contributed by atoms with Crippen molar-refractivity contribution in [2.75, 3.05) is 5.75 Å². The number of hydrogen-bond donors (Lipinski definition) is 0. The third-order valence-corrected chi connectivity index (χ3v) is 5.16. The lowest BCUT2D eigenvalue weighted by molar-refractivity contribution is 0.645. The monoisotopic (exact) mass is 311 g/mol. The molecule has 2 aromatic rings. The second-order valence-electron chi connectivity index (χ2n) is 4.36. The summed E-state index contributed by atoms with van der Waals surface area (Å²) in [6.07, 6.45) is 7.12. The molecule has 1 aliphatic rings. The van der Waals surface area contributed by atoms with E-state index in [4.69, 9.17) is 0 Å². The van der Waals surface area contributed by atoms with E-state index in [1.807, 2.05) is 18.3 Å². The van der Waals surface area contributed by atoms with E-state index < -0.39 is 0 Å². The Balaban J connectivity index is 1.87. The van der Waals surface area contributed by atoms with E-state index in [0.29, 0.717) is 0 Å². The fourth-order valence-electron chi connectivity index (χ4n) is 2.24. The molecule has 0 radical (unpaired) electrons. The molecule has 1 aliphatic heterocycles. The summed E-state index contributed by atoms with van der Waals surface area (Å²) >= 11 is 5.59. The summed E-state index contributed by atoms with van der Waals surface area (Å²) in [7, 11) is 0. The van der Waals surface area contributed by atoms with Crippen LogP contribution in [0, 0.1) is 0 Å². The Morgan fingerprint density at radius 1 is 1.41 bits per heavy atom. The largest absolute Gasteiger partial charge is 0.285 e. The van der Waals surface area contributed by atoms with Gasteiger partial charge >= 0.3 is 0 Å². The van der Waals surface area contributed by atoms with Crippen LogP contribution in [0.4, 0.5) is 0 Å². The van der Waals surface area contributed by atoms with Crippen LogP contribution in [0.15, 0.2) is 22.8 Å². The molecule has 0 aromatic carbocycles. The summed E-state index contributed by atoms with van der Waals surface area (Å²) < 4.78 is 3.11. The van der Waals surface area contributed by atoms with Gasteiger partial charge in [0.15, 0.2) is 5.65 Å². The van der Waals surface area contributed by atoms with Crippen LogP contribution in [0.3, 0.4) is 0 Å². The van der Waals surface area contributed by atoms with Crippen LogP contribution >= 0.6 is 27.7 Å². The minimum Gasteiger partial charge on any atom is -0.285 e. The SMILES string of the molecule is Brc1cccn2c(CC3CCCCS3)nnc12. The molecule has 1 atom stereocenters. The summed E-state index contributed by atoms with van der Waals surface area (Å²) in [4.78, 5) is 0. The van der Waals surface area contributed by atoms with Crippen LogP contribution in [0.5, 0.6) is 0 Å². The number of fused-ring (bicyclic) bond motifs is 1. The molecular formula is C12H14BrN3S. The van der Waals surface area contributed by atoms with Crippen molar-refractivity contribution >= 4 is 33.3 Å². The van der Waals surface area contributed by atoms with Gasteiger partial charge in [-0.25, -0.2) is 0 Å². The molecule has 0 N–H and O–H groups in total. The number of hydrogen-bond acceptors (Lipinski definition) is 3. The predicted octanol–water partition coefficient (Wildman–Crippen LogP) is 3.32. The van der Waals surface area contributed by atoms with Gasteiger partial charge in [-0.1, -0.05) is 6.42 Å². The molecule has 0 amide bonds. The van der Waals surface area contributed by atoms with Gasteiger partial charge in [0, 0.05) is 17.9 Å². The van der Waals surface area contributed by atoms with Crippen molar-refractivity contribution in [3.8, 4) is 0 Å². The maximum atomic E-state index is 4.32. The molecule has 0 saturated carbocycles. The van der Waals surface area contributed by atoms with Crippen LogP contribution in [0.1, 0.15) is 25.1 Å². The van der Waals surface area contributed by atoms with Gasteiger partial charge in [-0.05, 0) is 46.7 Å². The van der Waals surface area contributed by atoms with Crippen LogP contribution < -0.4 is 0 Å². The van der Waals surface area contributed by atoms with Crippen molar-refractivity contribution in [3.05, 3.63) is 28.6 Å². The Morgan fingerprint density at radius 3 is 3.18 bits per heavy atom. The average molecular weight is 312 g/mol. The first-order valence-corrected chi connectivity index (χ1v) is 7.78. The average Bonchev–Trinajstić information content (AvgIpc) is 2.76. The first-order chi connectivity index (χ1) is 8.34. The van der Waals surface area contributed by atoms with Crippen molar-refractivity contribution in [1.82, 2.24) is 14.6 Å². The lowest BCUT2D eigenvalue weighted by atomic mass is 10.1. The van der Waals surface area contributed by atoms with Gasteiger partial charge in [-0.15, -0.1) is 10.2 Å². The van der Waals surface area contributed by atoms with Gasteiger partial charge in [0.1, 0.15) is 5.82 Å². The van der Waals surface area contributed by atoms with E-state index >= 15 is 0 Å². The molecule has 17 heavy (non-hydrogen) atoms.